The number of Topliss-reactive ketones (excluding diaryl/α,β-unsaturated/α-hetero) is 1. The summed E-state index contributed by atoms with van der Waals surface area (Å²) in [6.45, 7) is 11.8. The Labute approximate surface area is 172 Å². The van der Waals surface area contributed by atoms with Gasteiger partial charge in [0.25, 0.3) is 0 Å². The Hall–Kier alpha value is -2.79. The van der Waals surface area contributed by atoms with Crippen molar-refractivity contribution in [1.82, 2.24) is 4.90 Å². The smallest absolute Gasteiger partial charge is 0.231 e. The van der Waals surface area contributed by atoms with Gasteiger partial charge in [0.05, 0.1) is 11.1 Å². The number of fused-ring (bicyclic) bond motifs is 3. The van der Waals surface area contributed by atoms with Crippen molar-refractivity contribution in [1.29, 1.82) is 0 Å². The van der Waals surface area contributed by atoms with Gasteiger partial charge in [0.1, 0.15) is 18.2 Å². The molecule has 2 aliphatic heterocycles. The summed E-state index contributed by atoms with van der Waals surface area (Å²) >= 11 is 0. The molecule has 152 valence electrons. The summed E-state index contributed by atoms with van der Waals surface area (Å²) in [5.41, 5.74) is 3.70. The van der Waals surface area contributed by atoms with Crippen molar-refractivity contribution in [2.75, 3.05) is 24.7 Å². The molecule has 0 saturated carbocycles. The second-order valence-electron chi connectivity index (χ2n) is 7.74. The third-order valence-electron chi connectivity index (χ3n) is 5.69. The molecule has 2 aromatic carbocycles. The molecule has 0 spiro atoms. The Morgan fingerprint density at radius 3 is 2.48 bits per heavy atom. The largest absolute Gasteiger partial charge is 0.478 e. The predicted molar refractivity (Wildman–Crippen MR) is 116 cm³/mol. The second kappa shape index (κ2) is 7.91. The average molecular weight is 392 g/mol. The number of ether oxygens (including phenoxy) is 2. The molecule has 0 radical (unpaired) electrons. The van der Waals surface area contributed by atoms with Crippen molar-refractivity contribution < 1.29 is 14.3 Å². The van der Waals surface area contributed by atoms with Gasteiger partial charge in [0, 0.05) is 31.4 Å². The van der Waals surface area contributed by atoms with Crippen molar-refractivity contribution in [2.24, 2.45) is 0 Å². The van der Waals surface area contributed by atoms with E-state index < -0.39 is 0 Å². The lowest BCUT2D eigenvalue weighted by molar-refractivity contribution is 0.0674. The Balaban J connectivity index is 1.61. The highest BCUT2D eigenvalue weighted by Crippen LogP contribution is 2.42. The van der Waals surface area contributed by atoms with E-state index in [2.05, 4.69) is 49.6 Å². The lowest BCUT2D eigenvalue weighted by Gasteiger charge is -2.32. The van der Waals surface area contributed by atoms with Crippen molar-refractivity contribution in [3.63, 3.8) is 0 Å². The minimum absolute atomic E-state index is 0.0720. The summed E-state index contributed by atoms with van der Waals surface area (Å²) in [5.74, 6) is 1.74. The topological polar surface area (TPSA) is 42.0 Å². The van der Waals surface area contributed by atoms with Gasteiger partial charge in [0.15, 0.2) is 5.76 Å². The maximum absolute atomic E-state index is 12.9. The summed E-state index contributed by atoms with van der Waals surface area (Å²) in [4.78, 5) is 17.4. The summed E-state index contributed by atoms with van der Waals surface area (Å²) in [6, 6.07) is 12.3. The molecule has 29 heavy (non-hydrogen) atoms. The van der Waals surface area contributed by atoms with Crippen LogP contribution in [-0.4, -0.2) is 36.5 Å². The molecule has 0 saturated heterocycles. The first-order chi connectivity index (χ1) is 14.0. The zero-order valence-electron chi connectivity index (χ0n) is 17.6. The minimum atomic E-state index is -0.0720. The minimum Gasteiger partial charge on any atom is -0.478 e. The van der Waals surface area contributed by atoms with Crippen LogP contribution in [0.2, 0.25) is 0 Å². The number of rotatable bonds is 5. The number of benzene rings is 2. The standard InChI is InChI=1S/C24H28N2O3/c1-5-25(6-2)18-9-7-17(8-10-18)13-22-23(27)19-11-12-21-20(24(19)29-22)14-26(15-28-21)16(3)4/h7-13,16H,5-6,14-15H2,1-4H3/b22-13-. The number of allylic oxidation sites excluding steroid dienone is 1. The lowest BCUT2D eigenvalue weighted by Crippen LogP contribution is -2.37. The van der Waals surface area contributed by atoms with Crippen molar-refractivity contribution in [3.05, 3.63) is 58.8 Å². The van der Waals surface area contributed by atoms with E-state index in [4.69, 9.17) is 9.47 Å². The molecule has 0 N–H and O–H groups in total. The van der Waals surface area contributed by atoms with Gasteiger partial charge in [-0.25, -0.2) is 0 Å². The van der Waals surface area contributed by atoms with E-state index in [9.17, 15) is 4.79 Å². The molecule has 0 aliphatic carbocycles. The highest BCUT2D eigenvalue weighted by Gasteiger charge is 2.33. The number of carbonyl (C=O) groups is 1. The van der Waals surface area contributed by atoms with Crippen LogP contribution in [0.1, 0.15) is 49.2 Å². The van der Waals surface area contributed by atoms with E-state index in [1.54, 1.807) is 0 Å². The van der Waals surface area contributed by atoms with Crippen LogP contribution in [0.5, 0.6) is 11.5 Å². The number of carbonyl (C=O) groups excluding carboxylic acids is 1. The van der Waals surface area contributed by atoms with Crippen LogP contribution in [0.4, 0.5) is 5.69 Å². The molecule has 0 atom stereocenters. The van der Waals surface area contributed by atoms with E-state index in [1.807, 2.05) is 30.3 Å². The van der Waals surface area contributed by atoms with Gasteiger partial charge in [-0.05, 0) is 63.6 Å². The Morgan fingerprint density at radius 2 is 1.83 bits per heavy atom. The monoisotopic (exact) mass is 392 g/mol. The van der Waals surface area contributed by atoms with Gasteiger partial charge < -0.3 is 14.4 Å². The fourth-order valence-electron chi connectivity index (χ4n) is 3.83. The van der Waals surface area contributed by atoms with E-state index in [0.717, 1.165) is 36.5 Å². The Kier molecular flexibility index (Phi) is 5.33. The average Bonchev–Trinajstić information content (AvgIpc) is 3.05. The van der Waals surface area contributed by atoms with Crippen LogP contribution >= 0.6 is 0 Å². The molecular formula is C24H28N2O3. The molecule has 2 aromatic rings. The zero-order valence-corrected chi connectivity index (χ0v) is 17.6. The third kappa shape index (κ3) is 3.62. The normalized spacial score (nSPS) is 17.1. The summed E-state index contributed by atoms with van der Waals surface area (Å²) in [6.07, 6.45) is 1.82. The zero-order chi connectivity index (χ0) is 20.5. The van der Waals surface area contributed by atoms with Gasteiger partial charge in [0.2, 0.25) is 5.78 Å². The Morgan fingerprint density at radius 1 is 1.10 bits per heavy atom. The summed E-state index contributed by atoms with van der Waals surface area (Å²) < 4.78 is 11.9. The fraction of sp³-hybridized carbons (Fsp3) is 0.375. The Bertz CT molecular complexity index is 943. The maximum atomic E-state index is 12.9. The van der Waals surface area contributed by atoms with Gasteiger partial charge in [-0.3, -0.25) is 9.69 Å². The first-order valence-corrected chi connectivity index (χ1v) is 10.3. The first kappa shape index (κ1) is 19.5. The molecule has 5 heteroatoms. The predicted octanol–water partition coefficient (Wildman–Crippen LogP) is 4.71. The summed E-state index contributed by atoms with van der Waals surface area (Å²) in [5, 5.41) is 0. The van der Waals surface area contributed by atoms with Crippen molar-refractivity contribution >= 4 is 17.5 Å². The van der Waals surface area contributed by atoms with Gasteiger partial charge >= 0.3 is 0 Å². The number of hydrogen-bond acceptors (Lipinski definition) is 5. The molecule has 4 rings (SSSR count). The second-order valence-corrected chi connectivity index (χ2v) is 7.74. The van der Waals surface area contributed by atoms with Gasteiger partial charge in [-0.2, -0.15) is 0 Å². The number of nitrogens with zero attached hydrogens (tertiary/aromatic N) is 2. The number of anilines is 1. The van der Waals surface area contributed by atoms with Crippen LogP contribution in [0, 0.1) is 0 Å². The molecule has 0 bridgehead atoms. The molecule has 0 aromatic heterocycles. The van der Waals surface area contributed by atoms with Gasteiger partial charge in [-0.1, -0.05) is 12.1 Å². The van der Waals surface area contributed by atoms with Crippen LogP contribution in [0.25, 0.3) is 6.08 Å². The highest BCUT2D eigenvalue weighted by atomic mass is 16.5. The molecular weight excluding hydrogens is 364 g/mol. The first-order valence-electron chi connectivity index (χ1n) is 10.3. The van der Waals surface area contributed by atoms with Crippen molar-refractivity contribution in [3.8, 4) is 11.5 Å². The van der Waals surface area contributed by atoms with Crippen molar-refractivity contribution in [2.45, 2.75) is 40.3 Å². The third-order valence-corrected chi connectivity index (χ3v) is 5.69. The quantitative estimate of drug-likeness (QED) is 0.690. The van der Waals surface area contributed by atoms with Crippen LogP contribution in [0.3, 0.4) is 0 Å². The molecule has 5 nitrogen and oxygen atoms in total. The highest BCUT2D eigenvalue weighted by molar-refractivity contribution is 6.15. The number of hydrogen-bond donors (Lipinski definition) is 0. The van der Waals surface area contributed by atoms with E-state index >= 15 is 0 Å². The van der Waals surface area contributed by atoms with E-state index in [-0.39, 0.29) is 5.78 Å². The van der Waals surface area contributed by atoms with Crippen LogP contribution < -0.4 is 14.4 Å². The van der Waals surface area contributed by atoms with Crippen LogP contribution in [-0.2, 0) is 6.54 Å². The molecule has 0 amide bonds. The van der Waals surface area contributed by atoms with Gasteiger partial charge in [-0.15, -0.1) is 0 Å². The lowest BCUT2D eigenvalue weighted by atomic mass is 10.0. The molecule has 0 unspecified atom stereocenters. The van der Waals surface area contributed by atoms with E-state index in [0.29, 0.717) is 29.8 Å². The van der Waals surface area contributed by atoms with Crippen LogP contribution in [0.15, 0.2) is 42.2 Å². The molecule has 0 fully saturated rings. The SMILES string of the molecule is CCN(CC)c1ccc(/C=C2\Oc3c(ccc4c3CN(C(C)C)CO4)C2=O)cc1. The molecule has 2 heterocycles. The summed E-state index contributed by atoms with van der Waals surface area (Å²) in [7, 11) is 0. The van der Waals surface area contributed by atoms with E-state index in [1.165, 1.54) is 5.69 Å². The maximum Gasteiger partial charge on any atom is 0.231 e. The molecule has 2 aliphatic rings. The number of ketones is 1. The fourth-order valence-corrected chi connectivity index (χ4v) is 3.83.